The maximum absolute atomic E-state index is 12.7. The van der Waals surface area contributed by atoms with Crippen molar-refractivity contribution in [3.05, 3.63) is 30.5 Å². The minimum absolute atomic E-state index is 0.0515. The summed E-state index contributed by atoms with van der Waals surface area (Å²) >= 11 is 0. The summed E-state index contributed by atoms with van der Waals surface area (Å²) in [6.07, 6.45) is 2.76. The Morgan fingerprint density at radius 2 is 2.11 bits per heavy atom. The highest BCUT2D eigenvalue weighted by atomic mass is 32.2. The summed E-state index contributed by atoms with van der Waals surface area (Å²) in [6.45, 7) is 2.94. The molecule has 2 amide bonds. The summed E-state index contributed by atoms with van der Waals surface area (Å²) < 4.78 is 25.5. The van der Waals surface area contributed by atoms with Crippen LogP contribution in [0.3, 0.4) is 0 Å². The Morgan fingerprint density at radius 1 is 1.29 bits per heavy atom. The second kappa shape index (κ2) is 7.05. The monoisotopic (exact) mass is 402 g/mol. The molecule has 0 radical (unpaired) electrons. The summed E-state index contributed by atoms with van der Waals surface area (Å²) in [6, 6.07) is 7.20. The van der Waals surface area contributed by atoms with Crippen LogP contribution in [-0.4, -0.2) is 53.1 Å². The number of fused-ring (bicyclic) bond motifs is 1. The second-order valence-electron chi connectivity index (χ2n) is 7.17. The summed E-state index contributed by atoms with van der Waals surface area (Å²) in [5.74, 6) is -0.647. The van der Waals surface area contributed by atoms with E-state index in [1.54, 1.807) is 0 Å². The fourth-order valence-corrected chi connectivity index (χ4v) is 5.44. The highest BCUT2D eigenvalue weighted by Crippen LogP contribution is 2.24. The summed E-state index contributed by atoms with van der Waals surface area (Å²) in [5.41, 5.74) is 1.99. The number of hydrogen-bond donors (Lipinski definition) is 1. The molecular formula is C19H22N4O4S. The van der Waals surface area contributed by atoms with Gasteiger partial charge in [0.1, 0.15) is 5.71 Å². The molecule has 2 aliphatic rings. The number of carbonyl (C=O) groups excluding carboxylic acids is 2. The van der Waals surface area contributed by atoms with E-state index in [0.29, 0.717) is 12.1 Å². The van der Waals surface area contributed by atoms with Crippen LogP contribution in [0.25, 0.3) is 10.9 Å². The molecule has 1 atom stereocenters. The third-order valence-corrected chi connectivity index (χ3v) is 7.00. The molecule has 0 spiro atoms. The standard InChI is InChI=1S/C19H22N4O4S/c1-2-22-9-7-13-11-14(3-5-17(13)22)20-19(25)16-4-6-18(24)23(21-16)15-8-10-28(26,27)12-15/h3,5,7,9,11,15H,2,4,6,8,10,12H2,1H3,(H,20,25)/t15-/m0/s1. The first-order valence-corrected chi connectivity index (χ1v) is 11.2. The van der Waals surface area contributed by atoms with Crippen LogP contribution in [0.15, 0.2) is 35.6 Å². The Labute approximate surface area is 163 Å². The van der Waals surface area contributed by atoms with Crippen LogP contribution < -0.4 is 5.32 Å². The van der Waals surface area contributed by atoms with Crippen molar-refractivity contribution >= 4 is 44.0 Å². The van der Waals surface area contributed by atoms with Crippen molar-refractivity contribution in [3.63, 3.8) is 0 Å². The number of nitrogens with zero attached hydrogens (tertiary/aromatic N) is 3. The maximum atomic E-state index is 12.7. The highest BCUT2D eigenvalue weighted by molar-refractivity contribution is 7.91. The Bertz CT molecular complexity index is 1090. The molecule has 9 heteroatoms. The molecule has 148 valence electrons. The van der Waals surface area contributed by atoms with Gasteiger partial charge in [-0.1, -0.05) is 0 Å². The molecular weight excluding hydrogens is 380 g/mol. The molecule has 1 fully saturated rings. The van der Waals surface area contributed by atoms with Crippen molar-refractivity contribution in [3.8, 4) is 0 Å². The average molecular weight is 402 g/mol. The molecule has 4 rings (SSSR count). The van der Waals surface area contributed by atoms with Gasteiger partial charge in [0.25, 0.3) is 5.91 Å². The van der Waals surface area contributed by atoms with Crippen LogP contribution in [0.4, 0.5) is 5.69 Å². The number of nitrogens with one attached hydrogen (secondary N) is 1. The topological polar surface area (TPSA) is 101 Å². The van der Waals surface area contributed by atoms with Crippen LogP contribution in [0.5, 0.6) is 0 Å². The maximum Gasteiger partial charge on any atom is 0.271 e. The summed E-state index contributed by atoms with van der Waals surface area (Å²) in [5, 5.41) is 9.27. The molecule has 0 unspecified atom stereocenters. The van der Waals surface area contributed by atoms with Gasteiger partial charge in [-0.05, 0) is 37.6 Å². The number of benzene rings is 1. The van der Waals surface area contributed by atoms with E-state index in [1.807, 2.05) is 30.5 Å². The van der Waals surface area contributed by atoms with Crippen molar-refractivity contribution in [1.82, 2.24) is 9.58 Å². The minimum atomic E-state index is -3.14. The Kier molecular flexibility index (Phi) is 4.70. The van der Waals surface area contributed by atoms with Gasteiger partial charge in [0.15, 0.2) is 9.84 Å². The van der Waals surface area contributed by atoms with Gasteiger partial charge in [-0.25, -0.2) is 13.4 Å². The first-order chi connectivity index (χ1) is 13.4. The predicted molar refractivity (Wildman–Crippen MR) is 107 cm³/mol. The number of hydrazone groups is 1. The number of aromatic nitrogens is 1. The van der Waals surface area contributed by atoms with Crippen molar-refractivity contribution in [2.75, 3.05) is 16.8 Å². The van der Waals surface area contributed by atoms with Gasteiger partial charge < -0.3 is 9.88 Å². The zero-order chi connectivity index (χ0) is 19.9. The molecule has 0 bridgehead atoms. The normalized spacial score (nSPS) is 21.8. The summed E-state index contributed by atoms with van der Waals surface area (Å²) in [4.78, 5) is 24.8. The van der Waals surface area contributed by atoms with Gasteiger partial charge in [0.2, 0.25) is 5.91 Å². The molecule has 2 aliphatic heterocycles. The quantitative estimate of drug-likeness (QED) is 0.842. The van der Waals surface area contributed by atoms with E-state index in [9.17, 15) is 18.0 Å². The first-order valence-electron chi connectivity index (χ1n) is 9.36. The van der Waals surface area contributed by atoms with Crippen molar-refractivity contribution in [2.24, 2.45) is 5.10 Å². The Balaban J connectivity index is 1.52. The van der Waals surface area contributed by atoms with Gasteiger partial charge in [-0.3, -0.25) is 9.59 Å². The highest BCUT2D eigenvalue weighted by Gasteiger charge is 2.37. The van der Waals surface area contributed by atoms with Crippen LogP contribution >= 0.6 is 0 Å². The Hall–Kier alpha value is -2.68. The molecule has 0 saturated carbocycles. The lowest BCUT2D eigenvalue weighted by Gasteiger charge is -2.27. The molecule has 1 aromatic carbocycles. The lowest BCUT2D eigenvalue weighted by Crippen LogP contribution is -2.42. The smallest absolute Gasteiger partial charge is 0.271 e. The van der Waals surface area contributed by atoms with Crippen molar-refractivity contribution < 1.29 is 18.0 Å². The van der Waals surface area contributed by atoms with E-state index in [2.05, 4.69) is 21.9 Å². The van der Waals surface area contributed by atoms with Gasteiger partial charge >= 0.3 is 0 Å². The van der Waals surface area contributed by atoms with E-state index < -0.39 is 15.9 Å². The second-order valence-corrected chi connectivity index (χ2v) is 9.40. The Morgan fingerprint density at radius 3 is 2.82 bits per heavy atom. The zero-order valence-corrected chi connectivity index (χ0v) is 16.4. The fraction of sp³-hybridized carbons (Fsp3) is 0.421. The van der Waals surface area contributed by atoms with E-state index in [1.165, 1.54) is 5.01 Å². The van der Waals surface area contributed by atoms with Gasteiger partial charge in [-0.15, -0.1) is 0 Å². The van der Waals surface area contributed by atoms with E-state index >= 15 is 0 Å². The zero-order valence-electron chi connectivity index (χ0n) is 15.6. The van der Waals surface area contributed by atoms with Crippen LogP contribution in [0.2, 0.25) is 0 Å². The number of aryl methyl sites for hydroxylation is 1. The molecule has 1 aromatic heterocycles. The minimum Gasteiger partial charge on any atom is -0.348 e. The summed E-state index contributed by atoms with van der Waals surface area (Å²) in [7, 11) is -3.14. The van der Waals surface area contributed by atoms with Gasteiger partial charge in [-0.2, -0.15) is 5.10 Å². The third-order valence-electron chi connectivity index (χ3n) is 5.25. The van der Waals surface area contributed by atoms with Gasteiger partial charge in [0, 0.05) is 42.2 Å². The SMILES string of the molecule is CCn1ccc2cc(NC(=O)C3=NN([C@H]4CCS(=O)(=O)C4)C(=O)CC3)ccc21. The van der Waals surface area contributed by atoms with Crippen LogP contribution in [0, 0.1) is 0 Å². The molecule has 1 N–H and O–H groups in total. The molecule has 3 heterocycles. The number of amides is 2. The average Bonchev–Trinajstić information content (AvgIpc) is 3.24. The van der Waals surface area contributed by atoms with Crippen LogP contribution in [0.1, 0.15) is 26.2 Å². The lowest BCUT2D eigenvalue weighted by molar-refractivity contribution is -0.133. The van der Waals surface area contributed by atoms with E-state index in [4.69, 9.17) is 0 Å². The van der Waals surface area contributed by atoms with Gasteiger partial charge in [0.05, 0.1) is 17.5 Å². The lowest BCUT2D eigenvalue weighted by atomic mass is 10.1. The molecule has 8 nitrogen and oxygen atoms in total. The predicted octanol–water partition coefficient (Wildman–Crippen LogP) is 1.77. The molecule has 0 aliphatic carbocycles. The third kappa shape index (κ3) is 3.54. The van der Waals surface area contributed by atoms with Crippen molar-refractivity contribution in [2.45, 2.75) is 38.8 Å². The van der Waals surface area contributed by atoms with Crippen molar-refractivity contribution in [1.29, 1.82) is 0 Å². The number of rotatable bonds is 4. The molecule has 1 saturated heterocycles. The van der Waals surface area contributed by atoms with E-state index in [-0.39, 0.29) is 41.9 Å². The number of sulfone groups is 1. The fourth-order valence-electron chi connectivity index (χ4n) is 3.75. The number of carbonyl (C=O) groups is 2. The molecule has 28 heavy (non-hydrogen) atoms. The first kappa shape index (κ1) is 18.7. The van der Waals surface area contributed by atoms with E-state index in [0.717, 1.165) is 17.4 Å². The van der Waals surface area contributed by atoms with Crippen LogP contribution in [-0.2, 0) is 26.0 Å². The largest absolute Gasteiger partial charge is 0.348 e. The molecule has 2 aromatic rings. The number of hydrogen-bond acceptors (Lipinski definition) is 5. The number of anilines is 1.